The van der Waals surface area contributed by atoms with Crippen molar-refractivity contribution in [2.75, 3.05) is 11.5 Å². The maximum atomic E-state index is 12.1. The van der Waals surface area contributed by atoms with Gasteiger partial charge in [-0.25, -0.2) is 0 Å². The van der Waals surface area contributed by atoms with Crippen LogP contribution in [0.2, 0.25) is 0 Å². The van der Waals surface area contributed by atoms with E-state index in [2.05, 4.69) is 94.1 Å². The molecule has 9 amide bonds. The molecule has 31 heteroatoms. The smallest absolute Gasteiger partial charge is 0.317 e. The number of oxime groups is 1. The van der Waals surface area contributed by atoms with Gasteiger partial charge in [-0.15, -0.1) is 58.8 Å². The first kappa shape index (κ1) is 132. The molecule has 2 aliphatic rings. The van der Waals surface area contributed by atoms with Crippen LogP contribution in [-0.4, -0.2) is 208 Å². The molecule has 0 bridgehead atoms. The minimum atomic E-state index is -0.948. The minimum Gasteiger partial charge on any atom is -0.481 e. The number of carboxylic acids is 4. The van der Waals surface area contributed by atoms with Gasteiger partial charge in [-0.1, -0.05) is 192 Å². The third-order valence-corrected chi connectivity index (χ3v) is 22.7. The Kier molecular flexibility index (Phi) is 54.1. The Morgan fingerprint density at radius 3 is 0.953 bits per heavy atom. The molecule has 0 aromatic carbocycles. The van der Waals surface area contributed by atoms with Gasteiger partial charge in [0.05, 0.1) is 46.8 Å². The lowest BCUT2D eigenvalue weighted by atomic mass is 9.78. The number of nitrogens with one attached hydrogen (secondary N) is 5. The molecule has 0 aromatic rings. The first-order valence-corrected chi connectivity index (χ1v) is 48.5. The Labute approximate surface area is 792 Å². The standard InChI is InChI=1S/C15H31NOS2.2C12H23NO3S.2C12H23NO3.C12H21NO2S.C12H21NO2.C9H19NO/c1-13(2,3)17-16-12(10-18-14(4,5)6)11-19-15(7,8)9;1-11(2,3)13-10(16)8(7-9(14)15)17-12(4,5)6;1-11(2,3)13-9(14)7-8(10(15)16)17-12(4,5)6;1-11(2,3)8(7-9(14)15)10(16)13-12(4,5)6;1-11(2,3)8(10(15)16)7-9(14)13-12(4,5)6;1-11(2,3)13-9(14)7-8(10(13)15)16-12(4,5)6;1-11(2,3)8-7-9(14)13(10(8)15)12(4,5)6;1-8(2,3)7(11)10-9(4,5)6/h10-11H2,1-9H3;8H,7H2,1-6H3,(H,13,16)(H,14,15);8H,7H2,1-6H3,(H,13,14)(H,15,16);8H,7H2,1-6H3,(H,13,16)(H,14,15);8H,7H2,1-6H3,(H,13,14)(H,15,16);8H,7H2,1-6H3;8H,7H2,1-6H3;1-6H3,(H,10,11). The second-order valence-corrected chi connectivity index (χ2v) is 59.5. The molecule has 2 saturated heterocycles. The van der Waals surface area contributed by atoms with Crippen LogP contribution in [0.4, 0.5) is 0 Å². The summed E-state index contributed by atoms with van der Waals surface area (Å²) < 4.78 is 0.207. The fourth-order valence-electron chi connectivity index (χ4n) is 10.6. The zero-order valence-electron chi connectivity index (χ0n) is 89.0. The molecule has 6 atom stereocenters. The molecule has 2 aliphatic heterocycles. The van der Waals surface area contributed by atoms with Crippen molar-refractivity contribution in [3.05, 3.63) is 0 Å². The summed E-state index contributed by atoms with van der Waals surface area (Å²) in [5, 5.41) is 52.9. The average molecular weight is 1900 g/mol. The van der Waals surface area contributed by atoms with Gasteiger partial charge < -0.3 is 51.8 Å². The van der Waals surface area contributed by atoms with Crippen molar-refractivity contribution in [2.24, 2.45) is 44.6 Å². The summed E-state index contributed by atoms with van der Waals surface area (Å²) in [5.41, 5.74) is -2.51. The number of aliphatic carboxylic acids is 4. The summed E-state index contributed by atoms with van der Waals surface area (Å²) in [6.07, 6.45) is 0.456. The molecular weight excluding hydrogens is 1710 g/mol. The monoisotopic (exact) mass is 1900 g/mol. The lowest BCUT2D eigenvalue weighted by Crippen LogP contribution is -2.47. The number of carboxylic acid groups (broad SMARTS) is 4. The molecule has 2 heterocycles. The number of hydrogen-bond donors (Lipinski definition) is 9. The normalized spacial score (nSPS) is 16.3. The number of nitrogens with zero attached hydrogens (tertiary/aromatic N) is 3. The highest BCUT2D eigenvalue weighted by Gasteiger charge is 2.49. The third-order valence-electron chi connectivity index (χ3n) is 15.9. The van der Waals surface area contributed by atoms with E-state index in [-0.39, 0.29) is 163 Å². The van der Waals surface area contributed by atoms with E-state index in [0.717, 1.165) is 17.2 Å². The Bertz CT molecular complexity index is 3530. The molecule has 2 rings (SSSR count). The molecule has 26 nitrogen and oxygen atoms in total. The van der Waals surface area contributed by atoms with Crippen molar-refractivity contribution in [2.45, 2.75) is 475 Å². The van der Waals surface area contributed by atoms with Gasteiger partial charge in [0, 0.05) is 105 Å². The zero-order valence-corrected chi connectivity index (χ0v) is 93.1. The molecular formula is C96H184N8O18S5. The fourth-order valence-corrected chi connectivity index (χ4v) is 15.9. The first-order valence-electron chi connectivity index (χ1n) is 43.9. The molecule has 9 N–H and O–H groups in total. The lowest BCUT2D eigenvalue weighted by Gasteiger charge is -2.32. The Morgan fingerprint density at radius 2 is 0.709 bits per heavy atom. The number of thioether (sulfide) groups is 5. The third kappa shape index (κ3) is 73.0. The van der Waals surface area contributed by atoms with Gasteiger partial charge in [-0.05, 0) is 182 Å². The van der Waals surface area contributed by atoms with Crippen LogP contribution in [0.5, 0.6) is 0 Å². The van der Waals surface area contributed by atoms with Gasteiger partial charge in [0.25, 0.3) is 0 Å². The van der Waals surface area contributed by atoms with Gasteiger partial charge in [0.1, 0.15) is 10.9 Å². The van der Waals surface area contributed by atoms with Crippen molar-refractivity contribution in [3.63, 3.8) is 0 Å². The van der Waals surface area contributed by atoms with Crippen LogP contribution in [0.1, 0.15) is 392 Å². The van der Waals surface area contributed by atoms with E-state index in [1.165, 1.54) is 33.3 Å². The van der Waals surface area contributed by atoms with E-state index in [1.54, 1.807) is 11.8 Å². The number of carbonyl (C=O) groups is 13. The van der Waals surface area contributed by atoms with E-state index in [0.29, 0.717) is 12.8 Å². The van der Waals surface area contributed by atoms with Crippen molar-refractivity contribution in [3.8, 4) is 0 Å². The van der Waals surface area contributed by atoms with E-state index < -0.39 is 62.7 Å². The molecule has 746 valence electrons. The Hall–Kier alpha value is -5.27. The van der Waals surface area contributed by atoms with Crippen LogP contribution >= 0.6 is 58.8 Å². The highest BCUT2D eigenvalue weighted by atomic mass is 32.2. The van der Waals surface area contributed by atoms with Crippen LogP contribution < -0.4 is 26.6 Å². The zero-order chi connectivity index (χ0) is 103. The molecule has 127 heavy (non-hydrogen) atoms. The van der Waals surface area contributed by atoms with E-state index in [4.69, 9.17) is 25.3 Å². The lowest BCUT2D eigenvalue weighted by molar-refractivity contribution is -0.148. The molecule has 6 unspecified atom stereocenters. The number of carbonyl (C=O) groups excluding carboxylic acids is 9. The second-order valence-electron chi connectivity index (χ2n) is 49.8. The maximum absolute atomic E-state index is 12.1. The van der Waals surface area contributed by atoms with Crippen LogP contribution in [0.25, 0.3) is 0 Å². The van der Waals surface area contributed by atoms with E-state index >= 15 is 0 Å². The quantitative estimate of drug-likeness (QED) is 0.0310. The van der Waals surface area contributed by atoms with Gasteiger partial charge in [-0.2, -0.15) is 0 Å². The number of rotatable bonds is 20. The first-order chi connectivity index (χ1) is 55.2. The largest absolute Gasteiger partial charge is 0.481 e. The molecule has 2 fully saturated rings. The number of imide groups is 2. The van der Waals surface area contributed by atoms with Crippen LogP contribution in [0, 0.1) is 39.4 Å². The predicted octanol–water partition coefficient (Wildman–Crippen LogP) is 20.4. The van der Waals surface area contributed by atoms with Crippen LogP contribution in [0.3, 0.4) is 0 Å². The second kappa shape index (κ2) is 51.8. The average Bonchev–Trinajstić information content (AvgIpc) is 1.64. The fraction of sp³-hybridized carbons (Fsp3) is 0.854. The summed E-state index contributed by atoms with van der Waals surface area (Å²) >= 11 is 8.11. The summed E-state index contributed by atoms with van der Waals surface area (Å²) in [6, 6.07) is 0. The maximum Gasteiger partial charge on any atom is 0.317 e. The molecule has 0 spiro atoms. The Balaban J connectivity index is -0.000000330. The molecule has 0 aromatic heterocycles. The van der Waals surface area contributed by atoms with Gasteiger partial charge in [0.2, 0.25) is 53.2 Å². The summed E-state index contributed by atoms with van der Waals surface area (Å²) in [6.45, 7) is 100. The number of likely N-dealkylation sites (tertiary alicyclic amines) is 2. The predicted molar refractivity (Wildman–Crippen MR) is 535 cm³/mol. The van der Waals surface area contributed by atoms with Crippen LogP contribution in [-0.2, 0) is 67.2 Å². The Morgan fingerprint density at radius 1 is 0.378 bits per heavy atom. The summed E-state index contributed by atoms with van der Waals surface area (Å²) in [5.74, 6) is -4.06. The SMILES string of the molecule is CC(C)(C)C1CC(=O)N(C(C)(C)C)C1=O.CC(C)(C)NC(=O)C(C)(C)C.CC(C)(C)NC(=O)C(CC(=O)O)C(C)(C)C.CC(C)(C)NC(=O)C(CC(=O)O)SC(C)(C)C.CC(C)(C)NC(=O)CC(C(=O)O)C(C)(C)C.CC(C)(C)NC(=O)CC(SC(C)(C)C)C(=O)O.CC(C)(C)ON=C(CSC(C)(C)C)CSC(C)(C)C.CC(C)(C)SC1CC(=O)N(C(C)(C)C)C1=O. The molecule has 0 saturated carbocycles. The molecule has 0 radical (unpaired) electrons. The minimum absolute atomic E-state index is 0.00843. The highest BCUT2D eigenvalue weighted by molar-refractivity contribution is 8.03. The topological polar surface area (TPSA) is 391 Å². The van der Waals surface area contributed by atoms with E-state index in [1.807, 2.05) is 314 Å². The number of amides is 9. The van der Waals surface area contributed by atoms with Crippen LogP contribution in [0.15, 0.2) is 5.16 Å². The van der Waals surface area contributed by atoms with Gasteiger partial charge in [-0.3, -0.25) is 72.1 Å². The highest BCUT2D eigenvalue weighted by Crippen LogP contribution is 2.41. The number of hydrogen-bond acceptors (Lipinski definition) is 20. The van der Waals surface area contributed by atoms with Crippen molar-refractivity contribution >= 4 is 142 Å². The van der Waals surface area contributed by atoms with E-state index in [9.17, 15) is 62.3 Å². The summed E-state index contributed by atoms with van der Waals surface area (Å²) in [7, 11) is 0. The van der Waals surface area contributed by atoms with Crippen molar-refractivity contribution < 1.29 is 87.6 Å². The molecule has 0 aliphatic carbocycles. The van der Waals surface area contributed by atoms with Crippen molar-refractivity contribution in [1.29, 1.82) is 0 Å². The van der Waals surface area contributed by atoms with Gasteiger partial charge in [0.15, 0.2) is 0 Å². The summed E-state index contributed by atoms with van der Waals surface area (Å²) in [4.78, 5) is 159. The van der Waals surface area contributed by atoms with Gasteiger partial charge >= 0.3 is 23.9 Å². The van der Waals surface area contributed by atoms with Crippen molar-refractivity contribution in [1.82, 2.24) is 36.4 Å².